The Bertz CT molecular complexity index is 2530. The zero-order chi connectivity index (χ0) is 45.8. The molecule has 5 atom stereocenters. The molecular formula is C46H59N8O8S2+. The third-order valence-electron chi connectivity index (χ3n) is 11.9. The predicted octanol–water partition coefficient (Wildman–Crippen LogP) is 4.98. The van der Waals surface area contributed by atoms with Gasteiger partial charge in [0, 0.05) is 67.2 Å². The maximum Gasteiger partial charge on any atom is 0.352 e. The van der Waals surface area contributed by atoms with Gasteiger partial charge in [0.15, 0.2) is 10.7 Å². The number of nitrogens with two attached hydrogens (primary N) is 1. The molecule has 4 heterocycles. The van der Waals surface area contributed by atoms with Gasteiger partial charge in [-0.15, -0.1) is 11.3 Å². The first-order valence-electron chi connectivity index (χ1n) is 22.0. The van der Waals surface area contributed by atoms with Crippen LogP contribution in [0.25, 0.3) is 22.3 Å². The molecule has 64 heavy (non-hydrogen) atoms. The Morgan fingerprint density at radius 2 is 1.84 bits per heavy atom. The van der Waals surface area contributed by atoms with Gasteiger partial charge in [-0.05, 0) is 69.7 Å². The first-order chi connectivity index (χ1) is 30.6. The molecule has 1 saturated carbocycles. The van der Waals surface area contributed by atoms with Crippen molar-refractivity contribution in [2.24, 2.45) is 11.8 Å². The average Bonchev–Trinajstić information content (AvgIpc) is 3.51. The number of thiazole rings is 1. The number of hydrogen-bond acceptors (Lipinski definition) is 13. The number of methoxy groups -OCH3 is 1. The third-order valence-corrected chi connectivity index (χ3v) is 14.2. The smallest absolute Gasteiger partial charge is 0.352 e. The van der Waals surface area contributed by atoms with E-state index in [1.54, 1.807) is 43.5 Å². The summed E-state index contributed by atoms with van der Waals surface area (Å²) in [5, 5.41) is 15.7. The molecule has 2 aromatic carbocycles. The number of likely N-dealkylation sites (tertiary alicyclic amines) is 1. The molecule has 16 nitrogen and oxygen atoms in total. The van der Waals surface area contributed by atoms with E-state index >= 15 is 0 Å². The quantitative estimate of drug-likeness (QED) is 0.119. The number of nitrogens with zero attached hydrogens (tertiary/aromatic N) is 3. The number of hydrogen-bond donors (Lipinski definition) is 5. The fraction of sp³-hybridized carbons (Fsp3) is 0.478. The summed E-state index contributed by atoms with van der Waals surface area (Å²) in [5.74, 6) is -1.52. The van der Waals surface area contributed by atoms with Gasteiger partial charge in [0.1, 0.15) is 34.2 Å². The Morgan fingerprint density at radius 3 is 2.59 bits per heavy atom. The van der Waals surface area contributed by atoms with Gasteiger partial charge < -0.3 is 35.6 Å². The molecule has 4 amide bonds. The van der Waals surface area contributed by atoms with Crippen LogP contribution in [0.15, 0.2) is 71.0 Å². The summed E-state index contributed by atoms with van der Waals surface area (Å²) >= 11 is 1.46. The van der Waals surface area contributed by atoms with Crippen LogP contribution in [0.2, 0.25) is 0 Å². The van der Waals surface area contributed by atoms with Crippen LogP contribution in [0.3, 0.4) is 0 Å². The normalized spacial score (nSPS) is 23.2. The Hall–Kier alpha value is -5.59. The van der Waals surface area contributed by atoms with Gasteiger partial charge in [-0.1, -0.05) is 44.6 Å². The SMILES string of the molecule is COc1ccc2c(O[C@@H]3C[C@@H](C(=O)N[C@]45C[C@H]4/C=C\CCCCCNc4ccccc4S(=O)(=O)[NH2+]C5=O)N(C(=O)C[C@@H](NC(C)=O)C(C)C)C3)cc(-c3csc(NC(C)C)n3)nc2c1. The maximum atomic E-state index is 14.8. The lowest BCUT2D eigenvalue weighted by Crippen LogP contribution is -2.94. The molecule has 6 N–H and O–H groups in total. The minimum atomic E-state index is -4.25. The minimum absolute atomic E-state index is 0.0187. The van der Waals surface area contributed by atoms with Crippen LogP contribution in [0.5, 0.6) is 11.5 Å². The molecule has 7 rings (SSSR count). The number of rotatable bonds is 12. The maximum absolute atomic E-state index is 14.8. The fourth-order valence-electron chi connectivity index (χ4n) is 8.37. The van der Waals surface area contributed by atoms with Crippen molar-refractivity contribution in [1.29, 1.82) is 0 Å². The molecule has 0 radical (unpaired) electrons. The van der Waals surface area contributed by atoms with E-state index in [1.165, 1.54) is 29.2 Å². The van der Waals surface area contributed by atoms with Gasteiger partial charge >= 0.3 is 15.9 Å². The van der Waals surface area contributed by atoms with Gasteiger partial charge in [0.25, 0.3) is 0 Å². The lowest BCUT2D eigenvalue weighted by Gasteiger charge is -2.28. The molecule has 0 spiro atoms. The zero-order valence-electron chi connectivity index (χ0n) is 37.2. The van der Waals surface area contributed by atoms with E-state index in [1.807, 2.05) is 51.3 Å². The zero-order valence-corrected chi connectivity index (χ0v) is 38.8. The lowest BCUT2D eigenvalue weighted by molar-refractivity contribution is -0.416. The number of fused-ring (bicyclic) bond motifs is 3. The minimum Gasteiger partial charge on any atom is -0.497 e. The summed E-state index contributed by atoms with van der Waals surface area (Å²) < 4.78 is 40.8. The number of aromatic nitrogens is 2. The number of anilines is 2. The van der Waals surface area contributed by atoms with E-state index in [0.717, 1.165) is 35.5 Å². The second kappa shape index (κ2) is 19.7. The molecule has 342 valence electrons. The number of primary sulfonamides is 1. The summed E-state index contributed by atoms with van der Waals surface area (Å²) in [5.41, 5.74) is 0.643. The molecule has 0 bridgehead atoms. The van der Waals surface area contributed by atoms with Crippen molar-refractivity contribution in [2.45, 2.75) is 114 Å². The molecular weight excluding hydrogens is 857 g/mol. The number of pyridine rings is 1. The summed E-state index contributed by atoms with van der Waals surface area (Å²) in [6.07, 6.45) is 6.78. The van der Waals surface area contributed by atoms with Gasteiger partial charge in [-0.3, -0.25) is 14.4 Å². The monoisotopic (exact) mass is 915 g/mol. The van der Waals surface area contributed by atoms with Crippen LogP contribution in [0.1, 0.15) is 79.6 Å². The molecule has 2 aromatic heterocycles. The number of carbonyl (C=O) groups is 4. The van der Waals surface area contributed by atoms with E-state index in [-0.39, 0.29) is 54.5 Å². The van der Waals surface area contributed by atoms with Crippen molar-refractivity contribution in [3.8, 4) is 22.9 Å². The molecule has 18 heteroatoms. The summed E-state index contributed by atoms with van der Waals surface area (Å²) in [6.45, 7) is 9.85. The predicted molar refractivity (Wildman–Crippen MR) is 245 cm³/mol. The Kier molecular flexibility index (Phi) is 14.3. The first kappa shape index (κ1) is 46.4. The molecule has 0 unspecified atom stereocenters. The van der Waals surface area contributed by atoms with Crippen LogP contribution in [-0.4, -0.2) is 96.9 Å². The molecule has 1 saturated heterocycles. The van der Waals surface area contributed by atoms with Crippen LogP contribution < -0.4 is 35.5 Å². The number of benzene rings is 2. The van der Waals surface area contributed by atoms with Gasteiger partial charge in [-0.25, -0.2) is 14.8 Å². The Morgan fingerprint density at radius 1 is 1.05 bits per heavy atom. The molecule has 2 fully saturated rings. The lowest BCUT2D eigenvalue weighted by atomic mass is 10.00. The van der Waals surface area contributed by atoms with Crippen LogP contribution in [0, 0.1) is 11.8 Å². The number of para-hydroxylation sites is 1. The molecule has 2 aliphatic heterocycles. The second-order valence-corrected chi connectivity index (χ2v) is 20.1. The number of carbonyl (C=O) groups excluding carboxylic acids is 4. The number of ether oxygens (including phenoxy) is 2. The Balaban J connectivity index is 1.21. The Labute approximate surface area is 378 Å². The molecule has 3 aliphatic rings. The number of quaternary nitrogens is 1. The highest BCUT2D eigenvalue weighted by Gasteiger charge is 2.64. The number of primary amides is 1. The summed E-state index contributed by atoms with van der Waals surface area (Å²) in [4.78, 5) is 66.8. The number of nitrogens with one attached hydrogen (secondary N) is 4. The highest BCUT2D eigenvalue weighted by molar-refractivity contribution is 7.85. The van der Waals surface area contributed by atoms with Crippen molar-refractivity contribution in [2.75, 3.05) is 30.8 Å². The van der Waals surface area contributed by atoms with E-state index < -0.39 is 51.5 Å². The molecule has 1 aliphatic carbocycles. The van der Waals surface area contributed by atoms with Gasteiger partial charge in [0.05, 0.1) is 30.6 Å². The van der Waals surface area contributed by atoms with Crippen LogP contribution in [-0.2, 0) is 29.2 Å². The highest BCUT2D eigenvalue weighted by Crippen LogP contribution is 2.45. The fourth-order valence-corrected chi connectivity index (χ4v) is 10.6. The van der Waals surface area contributed by atoms with E-state index in [9.17, 15) is 27.6 Å². The third kappa shape index (κ3) is 10.7. The summed E-state index contributed by atoms with van der Waals surface area (Å²) in [6, 6.07) is 12.3. The van der Waals surface area contributed by atoms with Crippen LogP contribution in [0.4, 0.5) is 10.8 Å². The van der Waals surface area contributed by atoms with Gasteiger partial charge in [0.2, 0.25) is 17.7 Å². The number of allylic oxidation sites excluding steroid dienone is 1. The average molecular weight is 916 g/mol. The topological polar surface area (TPSA) is 215 Å². The van der Waals surface area contributed by atoms with Crippen molar-refractivity contribution in [3.05, 3.63) is 66.1 Å². The van der Waals surface area contributed by atoms with E-state index in [4.69, 9.17) is 19.4 Å². The van der Waals surface area contributed by atoms with Gasteiger partial charge in [-0.2, -0.15) is 13.1 Å². The van der Waals surface area contributed by atoms with Crippen molar-refractivity contribution in [3.63, 3.8) is 0 Å². The van der Waals surface area contributed by atoms with E-state index in [2.05, 4.69) is 21.3 Å². The number of sulfonamides is 1. The van der Waals surface area contributed by atoms with Crippen molar-refractivity contribution >= 4 is 66.7 Å². The first-order valence-corrected chi connectivity index (χ1v) is 24.4. The largest absolute Gasteiger partial charge is 0.497 e. The molecule has 4 aromatic rings. The summed E-state index contributed by atoms with van der Waals surface area (Å²) in [7, 11) is -2.68. The second-order valence-electron chi connectivity index (χ2n) is 17.5. The van der Waals surface area contributed by atoms with Crippen molar-refractivity contribution < 1.29 is 41.8 Å². The van der Waals surface area contributed by atoms with Crippen LogP contribution >= 0.6 is 11.3 Å². The number of amides is 4. The standard InChI is InChI=1S/C46H58N8O8S2/c1-27(2)35(49-29(5)55)23-42(56)54-25-32(62-40-22-37(38-26-63-45(51-38)48-28(3)4)50-36-20-31(61-6)17-18-33(36)40)21-39(54)43(57)52-46-24-30(46)14-10-8-7-9-13-19-47-34-15-11-12-16-41(34)64(59,60)53-44(46)58/h10-12,14-18,20,22,26-28,30,32,35,39,47H,7-9,13,19,21,23-25H2,1-6H3,(H,48,51)(H,49,55)(H,52,57)(H,53,58)/p+1/b14-10-/t30-,32-,35-,39+,46-/m1/s1. The highest BCUT2D eigenvalue weighted by atomic mass is 32.2. The van der Waals surface area contributed by atoms with Crippen molar-refractivity contribution in [1.82, 2.24) is 25.5 Å². The van der Waals surface area contributed by atoms with E-state index in [0.29, 0.717) is 46.0 Å².